The highest BCUT2D eigenvalue weighted by molar-refractivity contribution is 6.25. The van der Waals surface area contributed by atoms with Gasteiger partial charge in [0.1, 0.15) is 12.1 Å². The minimum absolute atomic E-state index is 0.840. The Bertz CT molecular complexity index is 2660. The maximum atomic E-state index is 4.84. The van der Waals surface area contributed by atoms with Crippen LogP contribution in [0.2, 0.25) is 0 Å². The van der Waals surface area contributed by atoms with E-state index in [1.54, 1.807) is 6.33 Å². The number of fused-ring (bicyclic) bond motifs is 6. The fourth-order valence-corrected chi connectivity index (χ4v) is 7.61. The number of benzene rings is 7. The number of aromatic nitrogens is 3. The molecule has 1 aliphatic rings. The van der Waals surface area contributed by atoms with Gasteiger partial charge in [0, 0.05) is 39.0 Å². The van der Waals surface area contributed by atoms with Crippen molar-refractivity contribution in [3.05, 3.63) is 170 Å². The summed E-state index contributed by atoms with van der Waals surface area (Å²) < 4.78 is 2.29. The Morgan fingerprint density at radius 3 is 1.92 bits per heavy atom. The highest BCUT2D eigenvalue weighted by Gasteiger charge is 2.31. The quantitative estimate of drug-likeness (QED) is 0.198. The first-order chi connectivity index (χ1) is 23.8. The van der Waals surface area contributed by atoms with Crippen LogP contribution in [0.3, 0.4) is 0 Å². The molecule has 9 aromatic rings. The van der Waals surface area contributed by atoms with E-state index in [0.717, 1.165) is 33.8 Å². The van der Waals surface area contributed by atoms with Crippen LogP contribution in [0.5, 0.6) is 0 Å². The number of hydrogen-bond acceptors (Lipinski definition) is 3. The Balaban J connectivity index is 1.31. The molecule has 7 aromatic carbocycles. The van der Waals surface area contributed by atoms with Crippen molar-refractivity contribution < 1.29 is 0 Å². The lowest BCUT2D eigenvalue weighted by Crippen LogP contribution is -2.15. The molecule has 0 amide bonds. The molecule has 1 aliphatic heterocycles. The van der Waals surface area contributed by atoms with Crippen LogP contribution in [-0.2, 0) is 0 Å². The van der Waals surface area contributed by atoms with Crippen molar-refractivity contribution in [1.82, 2.24) is 14.5 Å². The molecule has 2 aromatic heterocycles. The molecule has 0 radical (unpaired) electrons. The normalized spacial score (nSPS) is 12.1. The van der Waals surface area contributed by atoms with Crippen molar-refractivity contribution in [2.45, 2.75) is 0 Å². The molecule has 0 fully saturated rings. The monoisotopic (exact) mass is 612 g/mol. The maximum absolute atomic E-state index is 4.84. The highest BCUT2D eigenvalue weighted by atomic mass is 15.2. The fourth-order valence-electron chi connectivity index (χ4n) is 7.61. The van der Waals surface area contributed by atoms with Gasteiger partial charge >= 0.3 is 0 Å². The first kappa shape index (κ1) is 26.7. The van der Waals surface area contributed by atoms with E-state index in [1.165, 1.54) is 55.2 Å². The van der Waals surface area contributed by atoms with Gasteiger partial charge in [-0.2, -0.15) is 0 Å². The Morgan fingerprint density at radius 1 is 0.438 bits per heavy atom. The van der Waals surface area contributed by atoms with Crippen molar-refractivity contribution in [3.63, 3.8) is 0 Å². The summed E-state index contributed by atoms with van der Waals surface area (Å²) in [6, 6.07) is 58.5. The van der Waals surface area contributed by atoms with E-state index in [4.69, 9.17) is 4.98 Å². The molecule has 4 heteroatoms. The van der Waals surface area contributed by atoms with Gasteiger partial charge in [0.05, 0.1) is 28.1 Å². The summed E-state index contributed by atoms with van der Waals surface area (Å²) in [4.78, 5) is 12.0. The topological polar surface area (TPSA) is 34.0 Å². The molecule has 4 nitrogen and oxygen atoms in total. The third kappa shape index (κ3) is 3.90. The summed E-state index contributed by atoms with van der Waals surface area (Å²) in [5.74, 6) is 0.840. The summed E-state index contributed by atoms with van der Waals surface area (Å²) in [6.45, 7) is 0. The highest BCUT2D eigenvalue weighted by Crippen LogP contribution is 2.56. The van der Waals surface area contributed by atoms with Crippen LogP contribution >= 0.6 is 0 Å². The Hall–Kier alpha value is -6.52. The molecule has 0 atom stereocenters. The first-order valence-corrected chi connectivity index (χ1v) is 16.3. The van der Waals surface area contributed by atoms with Crippen molar-refractivity contribution in [1.29, 1.82) is 0 Å². The van der Waals surface area contributed by atoms with E-state index >= 15 is 0 Å². The van der Waals surface area contributed by atoms with E-state index < -0.39 is 0 Å². The van der Waals surface area contributed by atoms with E-state index in [1.807, 2.05) is 18.2 Å². The first-order valence-electron chi connectivity index (χ1n) is 16.3. The predicted octanol–water partition coefficient (Wildman–Crippen LogP) is 11.5. The molecule has 0 unspecified atom stereocenters. The van der Waals surface area contributed by atoms with Gasteiger partial charge < -0.3 is 4.90 Å². The Labute approximate surface area is 277 Å². The molecule has 48 heavy (non-hydrogen) atoms. The SMILES string of the molecule is c1ccc(-c2cc(-n3c4ccccc4c4c5c(ccc43)-c3ccc(-c4ccccc4)c4cccc(c34)N5c3ccccc3)ncn2)cc1. The van der Waals surface area contributed by atoms with E-state index in [-0.39, 0.29) is 0 Å². The van der Waals surface area contributed by atoms with Crippen LogP contribution in [0.25, 0.3) is 71.9 Å². The van der Waals surface area contributed by atoms with Gasteiger partial charge in [-0.15, -0.1) is 0 Å². The number of hydrogen-bond donors (Lipinski definition) is 0. The molecular formula is C44H28N4. The second-order valence-electron chi connectivity index (χ2n) is 12.2. The zero-order valence-corrected chi connectivity index (χ0v) is 26.0. The standard InChI is InChI=1S/C44H28N4/c1-4-13-29(14-5-1)32-23-24-34-35-25-26-40-43(44(35)47(31-17-8-3-9-18-31)39-22-12-20-33(32)42(34)39)36-19-10-11-21-38(36)48(40)41-27-37(45-28-46-41)30-15-6-2-7-16-30/h1-28H. The molecule has 0 saturated heterocycles. The average Bonchev–Trinajstić information content (AvgIpc) is 3.51. The van der Waals surface area contributed by atoms with Crippen LogP contribution in [-0.4, -0.2) is 14.5 Å². The number of anilines is 3. The zero-order chi connectivity index (χ0) is 31.6. The van der Waals surface area contributed by atoms with Gasteiger partial charge in [-0.05, 0) is 52.4 Å². The van der Waals surface area contributed by atoms with Crippen molar-refractivity contribution in [2.75, 3.05) is 4.90 Å². The summed E-state index contributed by atoms with van der Waals surface area (Å²) in [5, 5.41) is 4.89. The lowest BCUT2D eigenvalue weighted by molar-refractivity contribution is 1.04. The van der Waals surface area contributed by atoms with Crippen LogP contribution in [0.15, 0.2) is 170 Å². The Morgan fingerprint density at radius 2 is 1.10 bits per heavy atom. The predicted molar refractivity (Wildman–Crippen MR) is 198 cm³/mol. The van der Waals surface area contributed by atoms with Crippen LogP contribution in [0.1, 0.15) is 0 Å². The number of para-hydroxylation sites is 2. The lowest BCUT2D eigenvalue weighted by Gasteiger charge is -2.34. The summed E-state index contributed by atoms with van der Waals surface area (Å²) >= 11 is 0. The van der Waals surface area contributed by atoms with Crippen LogP contribution in [0.4, 0.5) is 17.1 Å². The third-order valence-electron chi connectivity index (χ3n) is 9.63. The van der Waals surface area contributed by atoms with Crippen molar-refractivity contribution >= 4 is 49.6 Å². The summed E-state index contributed by atoms with van der Waals surface area (Å²) in [5.41, 5.74) is 12.6. The zero-order valence-electron chi connectivity index (χ0n) is 26.0. The largest absolute Gasteiger partial charge is 0.309 e. The maximum Gasteiger partial charge on any atom is 0.141 e. The molecule has 0 saturated carbocycles. The molecule has 10 rings (SSSR count). The molecular weight excluding hydrogens is 585 g/mol. The molecule has 224 valence electrons. The third-order valence-corrected chi connectivity index (χ3v) is 9.63. The van der Waals surface area contributed by atoms with E-state index in [0.29, 0.717) is 0 Å². The van der Waals surface area contributed by atoms with Gasteiger partial charge in [0.2, 0.25) is 0 Å². The molecule has 0 N–H and O–H groups in total. The molecule has 3 heterocycles. The van der Waals surface area contributed by atoms with E-state index in [2.05, 4.69) is 160 Å². The lowest BCUT2D eigenvalue weighted by atomic mass is 9.86. The van der Waals surface area contributed by atoms with Gasteiger partial charge in [-0.1, -0.05) is 127 Å². The molecule has 0 spiro atoms. The van der Waals surface area contributed by atoms with Crippen molar-refractivity contribution in [2.24, 2.45) is 0 Å². The van der Waals surface area contributed by atoms with Crippen LogP contribution < -0.4 is 4.90 Å². The average molecular weight is 613 g/mol. The second kappa shape index (κ2) is 10.5. The fraction of sp³-hybridized carbons (Fsp3) is 0. The van der Waals surface area contributed by atoms with Crippen molar-refractivity contribution in [3.8, 4) is 39.3 Å². The molecule has 0 aliphatic carbocycles. The van der Waals surface area contributed by atoms with Gasteiger partial charge in [0.15, 0.2) is 0 Å². The minimum atomic E-state index is 0.840. The number of nitrogens with zero attached hydrogens (tertiary/aromatic N) is 4. The van der Waals surface area contributed by atoms with Crippen LogP contribution in [0, 0.1) is 0 Å². The molecule has 0 bridgehead atoms. The second-order valence-corrected chi connectivity index (χ2v) is 12.2. The number of rotatable bonds is 4. The van der Waals surface area contributed by atoms with Gasteiger partial charge in [-0.3, -0.25) is 4.57 Å². The Kier molecular flexibility index (Phi) is 5.84. The smallest absolute Gasteiger partial charge is 0.141 e. The summed E-state index contributed by atoms with van der Waals surface area (Å²) in [6.07, 6.45) is 1.67. The van der Waals surface area contributed by atoms with Gasteiger partial charge in [0.25, 0.3) is 0 Å². The van der Waals surface area contributed by atoms with Gasteiger partial charge in [-0.25, -0.2) is 9.97 Å². The minimum Gasteiger partial charge on any atom is -0.309 e. The van der Waals surface area contributed by atoms with E-state index in [9.17, 15) is 0 Å². The summed E-state index contributed by atoms with van der Waals surface area (Å²) in [7, 11) is 0.